The van der Waals surface area contributed by atoms with E-state index >= 15 is 0 Å². The molecule has 0 amide bonds. The maximum Gasteiger partial charge on any atom is 0.215 e. The molecule has 0 aliphatic heterocycles. The van der Waals surface area contributed by atoms with Crippen molar-refractivity contribution in [2.45, 2.75) is 13.3 Å². The standard InChI is InChI=1S/C12H11N3OS/c1-2-7-16-15-10(8-13)12-14-9-5-3-4-6-11(9)17-12/h3-6H,2,7H2,1H3/b15-10+. The van der Waals surface area contributed by atoms with E-state index in [2.05, 4.69) is 10.1 Å². The van der Waals surface area contributed by atoms with Gasteiger partial charge in [-0.1, -0.05) is 24.2 Å². The van der Waals surface area contributed by atoms with E-state index in [1.54, 1.807) is 0 Å². The fourth-order valence-corrected chi connectivity index (χ4v) is 2.18. The van der Waals surface area contributed by atoms with E-state index < -0.39 is 0 Å². The van der Waals surface area contributed by atoms with Gasteiger partial charge in [-0.05, 0) is 18.6 Å². The van der Waals surface area contributed by atoms with Gasteiger partial charge in [-0.3, -0.25) is 0 Å². The Bertz CT molecular complexity index is 550. The molecule has 2 rings (SSSR count). The molecule has 1 aromatic heterocycles. The molecule has 86 valence electrons. The van der Waals surface area contributed by atoms with E-state index in [0.29, 0.717) is 11.6 Å². The summed E-state index contributed by atoms with van der Waals surface area (Å²) in [7, 11) is 0. The molecule has 0 bridgehead atoms. The van der Waals surface area contributed by atoms with Crippen LogP contribution in [0.25, 0.3) is 10.2 Å². The molecular formula is C12H11N3OS. The van der Waals surface area contributed by atoms with Gasteiger partial charge < -0.3 is 4.84 Å². The minimum atomic E-state index is 0.236. The average molecular weight is 245 g/mol. The van der Waals surface area contributed by atoms with Gasteiger partial charge in [-0.2, -0.15) is 5.26 Å². The van der Waals surface area contributed by atoms with Gasteiger partial charge in [0.05, 0.1) is 10.2 Å². The molecule has 0 atom stereocenters. The highest BCUT2D eigenvalue weighted by Gasteiger charge is 2.10. The predicted octanol–water partition coefficient (Wildman–Crippen LogP) is 2.95. The Kier molecular flexibility index (Phi) is 3.68. The number of thiazole rings is 1. The van der Waals surface area contributed by atoms with E-state index in [1.165, 1.54) is 11.3 Å². The molecule has 17 heavy (non-hydrogen) atoms. The minimum Gasteiger partial charge on any atom is -0.395 e. The molecule has 0 unspecified atom stereocenters. The minimum absolute atomic E-state index is 0.236. The Morgan fingerprint density at radius 1 is 1.53 bits per heavy atom. The zero-order valence-corrected chi connectivity index (χ0v) is 10.2. The predicted molar refractivity (Wildman–Crippen MR) is 68.0 cm³/mol. The van der Waals surface area contributed by atoms with Crippen molar-refractivity contribution in [2.75, 3.05) is 6.61 Å². The second-order valence-corrected chi connectivity index (χ2v) is 4.40. The highest BCUT2D eigenvalue weighted by molar-refractivity contribution is 7.20. The number of hydrogen-bond donors (Lipinski definition) is 0. The first-order chi connectivity index (χ1) is 8.35. The number of rotatable bonds is 4. The Morgan fingerprint density at radius 2 is 2.35 bits per heavy atom. The number of fused-ring (bicyclic) bond motifs is 1. The first-order valence-corrected chi connectivity index (χ1v) is 6.12. The third-order valence-electron chi connectivity index (χ3n) is 2.05. The van der Waals surface area contributed by atoms with Gasteiger partial charge in [-0.25, -0.2) is 4.98 Å². The van der Waals surface area contributed by atoms with Crippen LogP contribution in [0.3, 0.4) is 0 Å². The second-order valence-electron chi connectivity index (χ2n) is 3.37. The number of benzene rings is 1. The lowest BCUT2D eigenvalue weighted by atomic mass is 10.3. The Hall–Kier alpha value is -1.93. The van der Waals surface area contributed by atoms with Crippen LogP contribution in [0.5, 0.6) is 0 Å². The van der Waals surface area contributed by atoms with Gasteiger partial charge in [0.25, 0.3) is 0 Å². The summed E-state index contributed by atoms with van der Waals surface area (Å²) in [4.78, 5) is 9.37. The highest BCUT2D eigenvalue weighted by Crippen LogP contribution is 2.21. The molecule has 0 saturated carbocycles. The number of oxime groups is 1. The molecule has 2 aromatic rings. The molecule has 5 heteroatoms. The maximum atomic E-state index is 9.01. The summed E-state index contributed by atoms with van der Waals surface area (Å²) in [5.41, 5.74) is 1.12. The summed E-state index contributed by atoms with van der Waals surface area (Å²) in [5.74, 6) is 0. The Morgan fingerprint density at radius 3 is 3.06 bits per heavy atom. The molecule has 0 aliphatic rings. The van der Waals surface area contributed by atoms with Crippen LogP contribution < -0.4 is 0 Å². The van der Waals surface area contributed by atoms with Crippen molar-refractivity contribution in [1.82, 2.24) is 4.98 Å². The quantitative estimate of drug-likeness (QED) is 0.472. The van der Waals surface area contributed by atoms with Crippen LogP contribution in [0.15, 0.2) is 29.4 Å². The van der Waals surface area contributed by atoms with Crippen molar-refractivity contribution < 1.29 is 4.84 Å². The lowest BCUT2D eigenvalue weighted by Gasteiger charge is -1.94. The van der Waals surface area contributed by atoms with E-state index in [-0.39, 0.29) is 5.71 Å². The lowest BCUT2D eigenvalue weighted by molar-refractivity contribution is 0.145. The van der Waals surface area contributed by atoms with Crippen molar-refractivity contribution >= 4 is 27.3 Å². The fraction of sp³-hybridized carbons (Fsp3) is 0.250. The van der Waals surface area contributed by atoms with Crippen LogP contribution in [-0.4, -0.2) is 17.3 Å². The second kappa shape index (κ2) is 5.41. The van der Waals surface area contributed by atoms with Crippen molar-refractivity contribution in [2.24, 2.45) is 5.16 Å². The van der Waals surface area contributed by atoms with Crippen LogP contribution in [0.2, 0.25) is 0 Å². The lowest BCUT2D eigenvalue weighted by Crippen LogP contribution is -1.98. The van der Waals surface area contributed by atoms with Gasteiger partial charge in [0.1, 0.15) is 12.7 Å². The summed E-state index contributed by atoms with van der Waals surface area (Å²) in [5, 5.41) is 13.4. The van der Waals surface area contributed by atoms with Crippen LogP contribution >= 0.6 is 11.3 Å². The zero-order valence-electron chi connectivity index (χ0n) is 9.38. The molecule has 0 spiro atoms. The van der Waals surface area contributed by atoms with Gasteiger partial charge in [-0.15, -0.1) is 11.3 Å². The molecule has 1 heterocycles. The molecule has 0 saturated heterocycles. The third-order valence-corrected chi connectivity index (χ3v) is 3.10. The van der Waals surface area contributed by atoms with Crippen molar-refractivity contribution in [3.63, 3.8) is 0 Å². The Labute approximate surface area is 103 Å². The van der Waals surface area contributed by atoms with Gasteiger partial charge in [0.15, 0.2) is 5.01 Å². The average Bonchev–Trinajstić information content (AvgIpc) is 2.78. The zero-order chi connectivity index (χ0) is 12.1. The van der Waals surface area contributed by atoms with E-state index in [4.69, 9.17) is 10.1 Å². The van der Waals surface area contributed by atoms with Crippen molar-refractivity contribution in [1.29, 1.82) is 5.26 Å². The van der Waals surface area contributed by atoms with Crippen molar-refractivity contribution in [3.05, 3.63) is 29.3 Å². The van der Waals surface area contributed by atoms with Crippen LogP contribution in [0, 0.1) is 11.3 Å². The smallest absolute Gasteiger partial charge is 0.215 e. The first kappa shape index (κ1) is 11.6. The summed E-state index contributed by atoms with van der Waals surface area (Å²) >= 11 is 1.44. The fourth-order valence-electron chi connectivity index (χ4n) is 1.28. The maximum absolute atomic E-state index is 9.01. The van der Waals surface area contributed by atoms with Crippen molar-refractivity contribution in [3.8, 4) is 6.07 Å². The first-order valence-electron chi connectivity index (χ1n) is 5.31. The number of para-hydroxylation sites is 1. The van der Waals surface area contributed by atoms with Gasteiger partial charge >= 0.3 is 0 Å². The Balaban J connectivity index is 2.31. The van der Waals surface area contributed by atoms with Crippen LogP contribution in [0.4, 0.5) is 0 Å². The largest absolute Gasteiger partial charge is 0.395 e. The monoisotopic (exact) mass is 245 g/mol. The molecule has 1 aromatic carbocycles. The number of hydrogen-bond acceptors (Lipinski definition) is 5. The summed E-state index contributed by atoms with van der Waals surface area (Å²) in [6, 6.07) is 9.76. The molecule has 0 N–H and O–H groups in total. The number of nitriles is 1. The van der Waals surface area contributed by atoms with Gasteiger partial charge in [0.2, 0.25) is 5.71 Å². The molecular weight excluding hydrogens is 234 g/mol. The number of nitrogens with zero attached hydrogens (tertiary/aromatic N) is 3. The normalized spacial score (nSPS) is 11.4. The number of aromatic nitrogens is 1. The molecule has 0 fully saturated rings. The van der Waals surface area contributed by atoms with Gasteiger partial charge in [0, 0.05) is 0 Å². The summed E-state index contributed by atoms with van der Waals surface area (Å²) in [6.45, 7) is 2.50. The SMILES string of the molecule is CCCO/N=C(\C#N)c1nc2ccccc2s1. The third kappa shape index (κ3) is 2.60. The van der Waals surface area contributed by atoms with E-state index in [1.807, 2.05) is 37.3 Å². The summed E-state index contributed by atoms with van der Waals surface area (Å²) in [6.07, 6.45) is 0.863. The topological polar surface area (TPSA) is 58.3 Å². The molecule has 4 nitrogen and oxygen atoms in total. The van der Waals surface area contributed by atoms with Crippen LogP contribution in [-0.2, 0) is 4.84 Å². The summed E-state index contributed by atoms with van der Waals surface area (Å²) < 4.78 is 1.04. The van der Waals surface area contributed by atoms with E-state index in [9.17, 15) is 0 Å². The van der Waals surface area contributed by atoms with E-state index in [0.717, 1.165) is 16.6 Å². The highest BCUT2D eigenvalue weighted by atomic mass is 32.1. The molecule has 0 aliphatic carbocycles. The molecule has 0 radical (unpaired) electrons. The van der Waals surface area contributed by atoms with Crippen LogP contribution in [0.1, 0.15) is 18.4 Å².